The van der Waals surface area contributed by atoms with E-state index in [0.717, 1.165) is 12.1 Å². The molecule has 3 rings (SSSR count). The van der Waals surface area contributed by atoms with Crippen molar-refractivity contribution in [2.45, 2.75) is 17.9 Å². The number of benzene rings is 2. The molecule has 1 heterocycles. The van der Waals surface area contributed by atoms with E-state index in [-0.39, 0.29) is 28.7 Å². The van der Waals surface area contributed by atoms with Crippen LogP contribution < -0.4 is 5.32 Å². The Kier molecular flexibility index (Phi) is 5.54. The summed E-state index contributed by atoms with van der Waals surface area (Å²) in [5.41, 5.74) is -0.0204. The molecule has 0 bridgehead atoms. The Labute approximate surface area is 155 Å². The van der Waals surface area contributed by atoms with Crippen molar-refractivity contribution in [3.8, 4) is 0 Å². The fraction of sp³-hybridized carbons (Fsp3) is 0.278. The molecule has 2 aromatic rings. The van der Waals surface area contributed by atoms with Gasteiger partial charge >= 0.3 is 0 Å². The maximum atomic E-state index is 13.6. The summed E-state index contributed by atoms with van der Waals surface area (Å²) in [6.45, 7) is 2.67. The van der Waals surface area contributed by atoms with Crippen molar-refractivity contribution in [2.24, 2.45) is 0 Å². The van der Waals surface area contributed by atoms with Gasteiger partial charge in [-0.15, -0.1) is 0 Å². The van der Waals surface area contributed by atoms with Crippen LogP contribution in [-0.2, 0) is 14.8 Å². The predicted octanol–water partition coefficient (Wildman–Crippen LogP) is 2.63. The summed E-state index contributed by atoms with van der Waals surface area (Å²) in [7, 11) is -3.70. The normalized spacial score (nSPS) is 18.3. The van der Waals surface area contributed by atoms with Crippen molar-refractivity contribution in [3.63, 3.8) is 0 Å². The molecule has 1 amide bonds. The van der Waals surface area contributed by atoms with Gasteiger partial charge in [-0.2, -0.15) is 4.31 Å². The molecule has 1 atom stereocenters. The highest BCUT2D eigenvalue weighted by Gasteiger charge is 2.31. The minimum absolute atomic E-state index is 0.0563. The van der Waals surface area contributed by atoms with Crippen molar-refractivity contribution in [1.82, 2.24) is 4.31 Å². The van der Waals surface area contributed by atoms with Crippen LogP contribution in [0.1, 0.15) is 17.3 Å². The van der Waals surface area contributed by atoms with Crippen molar-refractivity contribution in [1.29, 1.82) is 0 Å². The quantitative estimate of drug-likeness (QED) is 0.862. The second-order valence-electron chi connectivity index (χ2n) is 6.14. The van der Waals surface area contributed by atoms with E-state index in [9.17, 15) is 22.0 Å². The fourth-order valence-corrected chi connectivity index (χ4v) is 4.37. The number of carbonyl (C=O) groups is 1. The van der Waals surface area contributed by atoms with Gasteiger partial charge in [-0.1, -0.05) is 0 Å². The van der Waals surface area contributed by atoms with Crippen LogP contribution in [0.5, 0.6) is 0 Å². The highest BCUT2D eigenvalue weighted by Crippen LogP contribution is 2.22. The Morgan fingerprint density at radius 3 is 2.52 bits per heavy atom. The first-order valence-electron chi connectivity index (χ1n) is 8.25. The fourth-order valence-electron chi connectivity index (χ4n) is 2.77. The van der Waals surface area contributed by atoms with Crippen LogP contribution in [0.3, 0.4) is 0 Å². The molecule has 0 saturated carbocycles. The number of nitrogens with one attached hydrogen (secondary N) is 1. The van der Waals surface area contributed by atoms with Gasteiger partial charge < -0.3 is 10.1 Å². The number of sulfonamides is 1. The van der Waals surface area contributed by atoms with Gasteiger partial charge in [-0.25, -0.2) is 17.2 Å². The molecule has 9 heteroatoms. The van der Waals surface area contributed by atoms with Crippen LogP contribution >= 0.6 is 0 Å². The summed E-state index contributed by atoms with van der Waals surface area (Å²) >= 11 is 0. The van der Waals surface area contributed by atoms with Crippen LogP contribution in [0.15, 0.2) is 47.4 Å². The minimum atomic E-state index is -3.70. The Morgan fingerprint density at radius 1 is 1.19 bits per heavy atom. The third-order valence-corrected chi connectivity index (χ3v) is 6.24. The Hall–Kier alpha value is -2.36. The largest absolute Gasteiger partial charge is 0.378 e. The summed E-state index contributed by atoms with van der Waals surface area (Å²) in [6, 6.07) is 7.85. The molecule has 0 aromatic heterocycles. The number of rotatable bonds is 4. The second-order valence-corrected chi connectivity index (χ2v) is 8.03. The zero-order chi connectivity index (χ0) is 19.6. The van der Waals surface area contributed by atoms with Gasteiger partial charge in [-0.3, -0.25) is 4.79 Å². The Bertz CT molecular complexity index is 948. The molecule has 144 valence electrons. The molecule has 1 saturated heterocycles. The third kappa shape index (κ3) is 4.15. The number of nitrogens with zero attached hydrogens (tertiary/aromatic N) is 1. The zero-order valence-electron chi connectivity index (χ0n) is 14.5. The molecule has 1 N–H and O–H groups in total. The average molecular weight is 396 g/mol. The Balaban J connectivity index is 1.77. The van der Waals surface area contributed by atoms with Crippen LogP contribution in [-0.4, -0.2) is 44.4 Å². The molecule has 2 aromatic carbocycles. The summed E-state index contributed by atoms with van der Waals surface area (Å²) in [6.07, 6.45) is 0. The third-order valence-electron chi connectivity index (χ3n) is 4.21. The van der Waals surface area contributed by atoms with E-state index in [1.165, 1.54) is 28.6 Å². The van der Waals surface area contributed by atoms with Crippen LogP contribution in [0.2, 0.25) is 0 Å². The lowest BCUT2D eigenvalue weighted by molar-refractivity contribution is 0.0393. The molecular formula is C18H18F2N2O4S. The molecule has 0 spiro atoms. The molecule has 1 fully saturated rings. The standard InChI is InChI=1S/C18H18F2N2O4S/c1-12-11-26-9-8-22(12)27(24,25)15-5-2-13(3-6-15)18(23)21-17-7-4-14(19)10-16(17)20/h2-7,10,12H,8-9,11H2,1H3,(H,21,23). The van der Waals surface area contributed by atoms with Crippen LogP contribution in [0.25, 0.3) is 0 Å². The van der Waals surface area contributed by atoms with Crippen LogP contribution in [0.4, 0.5) is 14.5 Å². The smallest absolute Gasteiger partial charge is 0.255 e. The van der Waals surface area contributed by atoms with Gasteiger partial charge in [0, 0.05) is 24.2 Å². The second kappa shape index (κ2) is 7.71. The molecular weight excluding hydrogens is 378 g/mol. The maximum Gasteiger partial charge on any atom is 0.255 e. The summed E-state index contributed by atoms with van der Waals surface area (Å²) < 4.78 is 58.6. The monoisotopic (exact) mass is 396 g/mol. The lowest BCUT2D eigenvalue weighted by Crippen LogP contribution is -2.46. The van der Waals surface area contributed by atoms with Gasteiger partial charge in [-0.05, 0) is 43.3 Å². The molecule has 0 radical (unpaired) electrons. The molecule has 1 aliphatic heterocycles. The molecule has 0 aliphatic carbocycles. The lowest BCUT2D eigenvalue weighted by Gasteiger charge is -2.32. The van der Waals surface area contributed by atoms with Crippen molar-refractivity contribution in [3.05, 3.63) is 59.7 Å². The van der Waals surface area contributed by atoms with E-state index in [0.29, 0.717) is 19.3 Å². The van der Waals surface area contributed by atoms with Gasteiger partial charge in [0.1, 0.15) is 11.6 Å². The van der Waals surface area contributed by atoms with Crippen LogP contribution in [0, 0.1) is 11.6 Å². The number of anilines is 1. The van der Waals surface area contributed by atoms with Gasteiger partial charge in [0.2, 0.25) is 10.0 Å². The molecule has 27 heavy (non-hydrogen) atoms. The first kappa shape index (κ1) is 19.4. The first-order chi connectivity index (χ1) is 12.8. The van der Waals surface area contributed by atoms with E-state index in [4.69, 9.17) is 4.74 Å². The van der Waals surface area contributed by atoms with E-state index in [2.05, 4.69) is 5.32 Å². The topological polar surface area (TPSA) is 75.7 Å². The molecule has 6 nitrogen and oxygen atoms in total. The minimum Gasteiger partial charge on any atom is -0.378 e. The number of amides is 1. The molecule has 1 aliphatic rings. The maximum absolute atomic E-state index is 13.6. The highest BCUT2D eigenvalue weighted by molar-refractivity contribution is 7.89. The van der Waals surface area contributed by atoms with Gasteiger partial charge in [0.25, 0.3) is 5.91 Å². The Morgan fingerprint density at radius 2 is 1.89 bits per heavy atom. The number of carbonyl (C=O) groups excluding carboxylic acids is 1. The van der Waals surface area contributed by atoms with E-state index in [1.807, 2.05) is 0 Å². The predicted molar refractivity (Wildman–Crippen MR) is 94.9 cm³/mol. The average Bonchev–Trinajstić information content (AvgIpc) is 2.64. The van der Waals surface area contributed by atoms with Crippen molar-refractivity contribution < 1.29 is 26.7 Å². The summed E-state index contributed by atoms with van der Waals surface area (Å²) in [4.78, 5) is 12.3. The summed E-state index contributed by atoms with van der Waals surface area (Å²) in [5, 5.41) is 2.33. The first-order valence-corrected chi connectivity index (χ1v) is 9.69. The SMILES string of the molecule is CC1COCCN1S(=O)(=O)c1ccc(C(=O)Nc2ccc(F)cc2F)cc1. The van der Waals surface area contributed by atoms with E-state index >= 15 is 0 Å². The number of halogens is 2. The zero-order valence-corrected chi connectivity index (χ0v) is 15.3. The van der Waals surface area contributed by atoms with Gasteiger partial charge in [0.15, 0.2) is 0 Å². The van der Waals surface area contributed by atoms with Gasteiger partial charge in [0.05, 0.1) is 23.8 Å². The number of hydrogen-bond donors (Lipinski definition) is 1. The van der Waals surface area contributed by atoms with E-state index in [1.54, 1.807) is 6.92 Å². The lowest BCUT2D eigenvalue weighted by atomic mass is 10.2. The number of hydrogen-bond acceptors (Lipinski definition) is 4. The van der Waals surface area contributed by atoms with E-state index < -0.39 is 27.6 Å². The summed E-state index contributed by atoms with van der Waals surface area (Å²) in [5.74, 6) is -2.29. The highest BCUT2D eigenvalue weighted by atomic mass is 32.2. The van der Waals surface area contributed by atoms with Crippen molar-refractivity contribution >= 4 is 21.6 Å². The number of ether oxygens (including phenoxy) is 1. The van der Waals surface area contributed by atoms with Crippen molar-refractivity contribution in [2.75, 3.05) is 25.1 Å². The number of morpholine rings is 1. The molecule has 1 unspecified atom stereocenters.